The second-order valence-electron chi connectivity index (χ2n) is 23.5. The van der Waals surface area contributed by atoms with E-state index in [4.69, 9.17) is 4.74 Å². The molecule has 0 bridgehead atoms. The topological polar surface area (TPSA) is 95.9 Å². The van der Waals surface area contributed by atoms with Crippen LogP contribution in [0.5, 0.6) is 0 Å². The maximum absolute atomic E-state index is 12.5. The van der Waals surface area contributed by atoms with Crippen molar-refractivity contribution in [3.8, 4) is 0 Å². The molecule has 0 fully saturated rings. The van der Waals surface area contributed by atoms with Crippen molar-refractivity contribution < 1.29 is 24.5 Å². The number of hydrogen-bond acceptors (Lipinski definition) is 5. The lowest BCUT2D eigenvalue weighted by molar-refractivity contribution is -0.143. The van der Waals surface area contributed by atoms with Crippen LogP contribution in [0.15, 0.2) is 24.3 Å². The minimum absolute atomic E-state index is 0.000688. The van der Waals surface area contributed by atoms with Crippen LogP contribution in [-0.4, -0.2) is 47.4 Å². The molecule has 444 valence electrons. The van der Waals surface area contributed by atoms with Crippen LogP contribution in [0.25, 0.3) is 0 Å². The van der Waals surface area contributed by atoms with Crippen LogP contribution in [-0.2, 0) is 14.3 Å². The van der Waals surface area contributed by atoms with E-state index in [2.05, 4.69) is 43.5 Å². The number of rotatable bonds is 64. The molecule has 0 saturated heterocycles. The van der Waals surface area contributed by atoms with Gasteiger partial charge in [0.05, 0.1) is 25.4 Å². The zero-order valence-electron chi connectivity index (χ0n) is 50.8. The fourth-order valence-corrected chi connectivity index (χ4v) is 10.7. The van der Waals surface area contributed by atoms with Gasteiger partial charge in [0.2, 0.25) is 5.91 Å². The van der Waals surface area contributed by atoms with Gasteiger partial charge in [-0.2, -0.15) is 0 Å². The second-order valence-corrected chi connectivity index (χ2v) is 23.5. The lowest BCUT2D eigenvalue weighted by Gasteiger charge is -2.22. The number of carbonyl (C=O) groups is 2. The van der Waals surface area contributed by atoms with E-state index in [0.29, 0.717) is 25.9 Å². The van der Waals surface area contributed by atoms with Crippen molar-refractivity contribution in [2.75, 3.05) is 13.2 Å². The Bertz CT molecular complexity index is 1170. The summed E-state index contributed by atoms with van der Waals surface area (Å²) in [5.74, 6) is -0.0445. The molecule has 0 saturated carbocycles. The van der Waals surface area contributed by atoms with Crippen molar-refractivity contribution in [1.82, 2.24) is 5.32 Å². The number of nitrogens with one attached hydrogen (secondary N) is 1. The number of unbranched alkanes of at least 4 members (excludes halogenated alkanes) is 49. The first-order valence-electron chi connectivity index (χ1n) is 34.1. The number of hydrogen-bond donors (Lipinski definition) is 3. The molecule has 0 aromatic carbocycles. The molecule has 0 heterocycles. The van der Waals surface area contributed by atoms with E-state index in [9.17, 15) is 19.8 Å². The van der Waals surface area contributed by atoms with Gasteiger partial charge in [0, 0.05) is 12.8 Å². The highest BCUT2D eigenvalue weighted by Crippen LogP contribution is 2.18. The molecule has 0 radical (unpaired) electrons. The van der Waals surface area contributed by atoms with Gasteiger partial charge in [-0.25, -0.2) is 0 Å². The Morgan fingerprint density at radius 1 is 0.360 bits per heavy atom. The summed E-state index contributed by atoms with van der Waals surface area (Å²) in [5, 5.41) is 23.4. The maximum atomic E-state index is 12.5. The Morgan fingerprint density at radius 2 is 0.627 bits per heavy atom. The zero-order valence-corrected chi connectivity index (χ0v) is 50.8. The van der Waals surface area contributed by atoms with Gasteiger partial charge < -0.3 is 20.3 Å². The van der Waals surface area contributed by atoms with Gasteiger partial charge in [0.25, 0.3) is 0 Å². The van der Waals surface area contributed by atoms with Gasteiger partial charge in [-0.05, 0) is 77.0 Å². The molecule has 2 unspecified atom stereocenters. The van der Waals surface area contributed by atoms with Gasteiger partial charge in [-0.3, -0.25) is 9.59 Å². The average molecular weight is 1060 g/mol. The summed E-state index contributed by atoms with van der Waals surface area (Å²) in [6, 6.07) is -0.553. The van der Waals surface area contributed by atoms with Crippen LogP contribution in [0.2, 0.25) is 0 Å². The van der Waals surface area contributed by atoms with Gasteiger partial charge >= 0.3 is 5.97 Å². The molecule has 1 amide bonds. The molecule has 0 aliphatic carbocycles. The summed E-state index contributed by atoms with van der Waals surface area (Å²) in [6.45, 7) is 4.97. The van der Waals surface area contributed by atoms with E-state index in [1.807, 2.05) is 0 Å². The fourth-order valence-electron chi connectivity index (χ4n) is 10.7. The minimum Gasteiger partial charge on any atom is -0.466 e. The quantitative estimate of drug-likeness (QED) is 0.0320. The monoisotopic (exact) mass is 1060 g/mol. The smallest absolute Gasteiger partial charge is 0.305 e. The van der Waals surface area contributed by atoms with E-state index in [1.165, 1.54) is 289 Å². The summed E-state index contributed by atoms with van der Waals surface area (Å²) >= 11 is 0. The molecule has 0 aliphatic heterocycles. The molecule has 6 nitrogen and oxygen atoms in total. The average Bonchev–Trinajstić information content (AvgIpc) is 3.41. The lowest BCUT2D eigenvalue weighted by Crippen LogP contribution is -2.45. The standard InChI is InChI=1S/C69H133NO5/c1-3-5-7-9-11-13-15-17-19-21-22-23-24-25-26-30-33-37-41-45-49-53-57-61-67(72)66(65-71)70-68(73)62-58-54-50-46-42-38-34-31-27-28-32-36-40-44-48-52-56-60-64-75-69(74)63-59-55-51-47-43-39-35-29-20-18-16-14-12-10-8-6-4-2/h18,20,31,34,66-67,71-72H,3-17,19,21-30,32-33,35-65H2,1-2H3,(H,70,73)/b20-18-,34-31-. The van der Waals surface area contributed by atoms with Crippen LogP contribution in [0.4, 0.5) is 0 Å². The number of ether oxygens (including phenoxy) is 1. The van der Waals surface area contributed by atoms with Gasteiger partial charge in [-0.1, -0.05) is 314 Å². The summed E-state index contributed by atoms with van der Waals surface area (Å²) < 4.78 is 5.49. The van der Waals surface area contributed by atoms with Crippen LogP contribution in [0.1, 0.15) is 380 Å². The van der Waals surface area contributed by atoms with E-state index < -0.39 is 12.1 Å². The lowest BCUT2D eigenvalue weighted by atomic mass is 10.0. The van der Waals surface area contributed by atoms with Crippen molar-refractivity contribution in [3.63, 3.8) is 0 Å². The Kier molecular flexibility index (Phi) is 63.4. The molecule has 0 spiro atoms. The van der Waals surface area contributed by atoms with Gasteiger partial charge in [0.15, 0.2) is 0 Å². The van der Waals surface area contributed by atoms with Crippen LogP contribution >= 0.6 is 0 Å². The molecular formula is C69H133NO5. The van der Waals surface area contributed by atoms with Gasteiger partial charge in [-0.15, -0.1) is 0 Å². The molecule has 0 aliphatic rings. The Balaban J connectivity index is 3.43. The number of aliphatic hydroxyl groups is 2. The molecule has 0 aromatic rings. The maximum Gasteiger partial charge on any atom is 0.305 e. The SMILES string of the molecule is CCCCCCCC/C=C\CCCCCCCCCC(=O)OCCCCCCCCCCC/C=C\CCCCCCCC(=O)NC(CO)C(O)CCCCCCCCCCCCCCCCCCCCCCCCC. The van der Waals surface area contributed by atoms with E-state index in [-0.39, 0.29) is 18.5 Å². The summed E-state index contributed by atoms with van der Waals surface area (Å²) in [5.41, 5.74) is 0. The minimum atomic E-state index is -0.674. The third-order valence-corrected chi connectivity index (χ3v) is 16.0. The molecule has 0 rings (SSSR count). The molecule has 0 aromatic heterocycles. The largest absolute Gasteiger partial charge is 0.466 e. The highest BCUT2D eigenvalue weighted by molar-refractivity contribution is 5.76. The molecule has 6 heteroatoms. The number of aliphatic hydroxyl groups excluding tert-OH is 2. The van der Waals surface area contributed by atoms with E-state index in [0.717, 1.165) is 57.8 Å². The van der Waals surface area contributed by atoms with Crippen LogP contribution < -0.4 is 5.32 Å². The van der Waals surface area contributed by atoms with Crippen LogP contribution in [0, 0.1) is 0 Å². The predicted octanol–water partition coefficient (Wildman–Crippen LogP) is 21.8. The van der Waals surface area contributed by atoms with Crippen molar-refractivity contribution >= 4 is 11.9 Å². The number of amides is 1. The van der Waals surface area contributed by atoms with Crippen molar-refractivity contribution in [2.45, 2.75) is 392 Å². The number of allylic oxidation sites excluding steroid dienone is 4. The molecule has 3 N–H and O–H groups in total. The first-order chi connectivity index (χ1) is 37.0. The number of esters is 1. The highest BCUT2D eigenvalue weighted by atomic mass is 16.5. The van der Waals surface area contributed by atoms with E-state index in [1.54, 1.807) is 0 Å². The van der Waals surface area contributed by atoms with Crippen LogP contribution in [0.3, 0.4) is 0 Å². The third-order valence-electron chi connectivity index (χ3n) is 16.0. The second kappa shape index (κ2) is 64.9. The third kappa shape index (κ3) is 61.4. The Labute approximate surface area is 469 Å². The van der Waals surface area contributed by atoms with Gasteiger partial charge in [0.1, 0.15) is 0 Å². The molecule has 75 heavy (non-hydrogen) atoms. The first-order valence-corrected chi connectivity index (χ1v) is 34.1. The zero-order chi connectivity index (χ0) is 54.3. The van der Waals surface area contributed by atoms with Crippen molar-refractivity contribution in [1.29, 1.82) is 0 Å². The summed E-state index contributed by atoms with van der Waals surface area (Å²) in [6.07, 6.45) is 80.6. The van der Waals surface area contributed by atoms with Crippen molar-refractivity contribution in [2.24, 2.45) is 0 Å². The number of carbonyl (C=O) groups excluding carboxylic acids is 2. The molecule has 2 atom stereocenters. The molecular weight excluding hydrogens is 923 g/mol. The fraction of sp³-hybridized carbons (Fsp3) is 0.913. The highest BCUT2D eigenvalue weighted by Gasteiger charge is 2.20. The predicted molar refractivity (Wildman–Crippen MR) is 329 cm³/mol. The summed E-state index contributed by atoms with van der Waals surface area (Å²) in [4.78, 5) is 24.6. The van der Waals surface area contributed by atoms with E-state index >= 15 is 0 Å². The first kappa shape index (κ1) is 73.3. The Morgan fingerprint density at radius 3 is 0.947 bits per heavy atom. The van der Waals surface area contributed by atoms with Crippen molar-refractivity contribution in [3.05, 3.63) is 24.3 Å². The normalized spacial score (nSPS) is 12.6. The Hall–Kier alpha value is -1.66. The summed E-state index contributed by atoms with van der Waals surface area (Å²) in [7, 11) is 0.